The highest BCUT2D eigenvalue weighted by Gasteiger charge is 2.26. The molecule has 7 N–H and O–H groups in total. The number of hydrogen-bond acceptors (Lipinski definition) is 10. The Morgan fingerprint density at radius 3 is 2.47 bits per heavy atom. The van der Waals surface area contributed by atoms with Crippen molar-refractivity contribution < 1.29 is 44.7 Å². The zero-order valence-corrected chi connectivity index (χ0v) is 24.5. The smallest absolute Gasteiger partial charge is 0.333 e. The van der Waals surface area contributed by atoms with Gasteiger partial charge in [0.2, 0.25) is 0 Å². The second kappa shape index (κ2) is 14.3. The number of nitrogens with zero attached hydrogens (tertiary/aromatic N) is 3. The van der Waals surface area contributed by atoms with E-state index in [-0.39, 0.29) is 30.3 Å². The minimum absolute atomic E-state index is 0.0593. The van der Waals surface area contributed by atoms with E-state index in [1.807, 2.05) is 49.7 Å². The normalized spacial score (nSPS) is 14.0. The minimum atomic E-state index is -1.79. The van der Waals surface area contributed by atoms with Crippen LogP contribution in [0.15, 0.2) is 36.4 Å². The molecule has 232 valence electrons. The maximum atomic E-state index is 11.6. The number of phenols is 1. The maximum absolute atomic E-state index is 11.6. The van der Waals surface area contributed by atoms with E-state index in [0.29, 0.717) is 34.4 Å². The molecule has 2 atom stereocenters. The predicted molar refractivity (Wildman–Crippen MR) is 155 cm³/mol. The molecule has 1 aromatic heterocycles. The van der Waals surface area contributed by atoms with Crippen molar-refractivity contribution >= 4 is 35.1 Å². The number of aryl methyl sites for hydroxylation is 2. The number of fused-ring (bicyclic) bond motifs is 1. The lowest BCUT2D eigenvalue weighted by Crippen LogP contribution is -2.42. The Labute approximate surface area is 251 Å². The molecular weight excluding hydrogens is 586 g/mol. The lowest BCUT2D eigenvalue weighted by Gasteiger charge is -2.29. The van der Waals surface area contributed by atoms with Gasteiger partial charge in [0.15, 0.2) is 18.5 Å². The number of halogens is 1. The van der Waals surface area contributed by atoms with Crippen LogP contribution in [-0.2, 0) is 20.9 Å². The van der Waals surface area contributed by atoms with Crippen molar-refractivity contribution in [1.29, 1.82) is 0 Å². The third-order valence-electron chi connectivity index (χ3n) is 6.42. The molecule has 1 aliphatic heterocycles. The van der Waals surface area contributed by atoms with E-state index in [9.17, 15) is 24.6 Å². The van der Waals surface area contributed by atoms with Crippen molar-refractivity contribution in [2.75, 3.05) is 18.5 Å². The molecule has 2 aromatic carbocycles. The zero-order chi connectivity index (χ0) is 31.9. The number of aromatic nitrogens is 3. The van der Waals surface area contributed by atoms with Gasteiger partial charge in [0, 0.05) is 40.8 Å². The molecule has 15 heteroatoms. The fourth-order valence-electron chi connectivity index (χ4n) is 4.02. The topological polar surface area (TPSA) is 216 Å². The van der Waals surface area contributed by atoms with Gasteiger partial charge in [-0.15, -0.1) is 0 Å². The van der Waals surface area contributed by atoms with Crippen LogP contribution in [0.3, 0.4) is 0 Å². The highest BCUT2D eigenvalue weighted by molar-refractivity contribution is 6.30. The molecular formula is C28H34ClN5O9. The van der Waals surface area contributed by atoms with E-state index >= 15 is 0 Å². The summed E-state index contributed by atoms with van der Waals surface area (Å²) < 4.78 is 7.37. The van der Waals surface area contributed by atoms with E-state index in [2.05, 4.69) is 20.7 Å². The Morgan fingerprint density at radius 2 is 1.86 bits per heavy atom. The van der Waals surface area contributed by atoms with Crippen LogP contribution in [0.25, 0.3) is 11.4 Å². The number of carboxylic acid groups (broad SMARTS) is 2. The summed E-state index contributed by atoms with van der Waals surface area (Å²) in [6.07, 6.45) is -2.76. The third kappa shape index (κ3) is 9.64. The van der Waals surface area contributed by atoms with E-state index < -0.39 is 30.6 Å². The number of hydrogen-bond donors (Lipinski definition) is 7. The van der Waals surface area contributed by atoms with Crippen LogP contribution in [-0.4, -0.2) is 82.9 Å². The molecule has 4 rings (SSSR count). The number of phenolic OH excluding ortho intramolecular Hbond substituents is 1. The molecule has 1 unspecified atom stereocenters. The number of anilines is 1. The van der Waals surface area contributed by atoms with Crippen molar-refractivity contribution in [1.82, 2.24) is 20.1 Å². The number of nitrogens with one attached hydrogen (secondary N) is 2. The number of aliphatic hydroxyl groups is 2. The molecule has 0 aliphatic carbocycles. The van der Waals surface area contributed by atoms with Gasteiger partial charge in [-0.2, -0.15) is 5.10 Å². The summed E-state index contributed by atoms with van der Waals surface area (Å²) in [5.74, 6) is -1.38. The molecule has 1 amide bonds. The number of β-amino-alcohol motifs (C(OH)–C–C–N with tert-alkyl or cyclic N) is 1. The van der Waals surface area contributed by atoms with E-state index in [1.165, 1.54) is 12.1 Å². The fourth-order valence-corrected chi connectivity index (χ4v) is 4.15. The first-order chi connectivity index (χ1) is 20.1. The van der Waals surface area contributed by atoms with Gasteiger partial charge in [-0.1, -0.05) is 11.6 Å². The van der Waals surface area contributed by atoms with Gasteiger partial charge in [-0.05, 0) is 57.5 Å². The molecule has 2 heterocycles. The molecule has 0 radical (unpaired) electrons. The summed E-state index contributed by atoms with van der Waals surface area (Å²) >= 11 is 5.97. The van der Waals surface area contributed by atoms with Crippen molar-refractivity contribution in [2.24, 2.45) is 0 Å². The summed E-state index contributed by atoms with van der Waals surface area (Å²) in [5.41, 5.74) is 1.34. The summed E-state index contributed by atoms with van der Waals surface area (Å²) in [5, 5.41) is 56.3. The highest BCUT2D eigenvalue weighted by Crippen LogP contribution is 2.38. The number of benzene rings is 2. The molecule has 43 heavy (non-hydrogen) atoms. The lowest BCUT2D eigenvalue weighted by molar-refractivity contribution is -0.152. The van der Waals surface area contributed by atoms with Gasteiger partial charge in [0.05, 0.1) is 18.2 Å². The number of rotatable bonds is 11. The van der Waals surface area contributed by atoms with Crippen LogP contribution in [0.2, 0.25) is 5.02 Å². The van der Waals surface area contributed by atoms with Crippen LogP contribution in [0.5, 0.6) is 11.5 Å². The molecule has 0 bridgehead atoms. The zero-order valence-electron chi connectivity index (χ0n) is 23.7. The van der Waals surface area contributed by atoms with Crippen molar-refractivity contribution in [3.63, 3.8) is 0 Å². The number of carboxylic acids is 2. The van der Waals surface area contributed by atoms with Gasteiger partial charge in [0.1, 0.15) is 17.3 Å². The standard InChI is InChI=1S/C24H28ClN5O4.C4H6O5/c1-14-27-23(15-4-6-16(25)7-5-15)29-30(14)9-8-24(2,3)26-12-20(32)18-10-17(31)11-19-22(18)34-13-21(33)28-19;5-2(4(8)9)1-3(6)7/h4-7,10-11,20,26,31-32H,8-9,12-13H2,1-3H3,(H,28,33);2,5H,1H2,(H,6,7)(H,8,9)/t20-;/m0./s1. The average Bonchev–Trinajstić information content (AvgIpc) is 3.30. The Morgan fingerprint density at radius 1 is 1.19 bits per heavy atom. The molecule has 0 saturated heterocycles. The van der Waals surface area contributed by atoms with Gasteiger partial charge in [-0.3, -0.25) is 9.59 Å². The molecule has 3 aromatic rings. The number of aliphatic carboxylic acids is 2. The Balaban J connectivity index is 0.000000489. The number of aliphatic hydroxyl groups excluding tert-OH is 2. The molecule has 0 saturated carbocycles. The van der Waals surface area contributed by atoms with Crippen LogP contribution in [0.1, 0.15) is 44.2 Å². The highest BCUT2D eigenvalue weighted by atomic mass is 35.5. The Hall–Kier alpha value is -4.24. The van der Waals surface area contributed by atoms with Crippen LogP contribution in [0, 0.1) is 6.92 Å². The van der Waals surface area contributed by atoms with Crippen LogP contribution in [0.4, 0.5) is 5.69 Å². The molecule has 1 aliphatic rings. The number of ether oxygens (including phenoxy) is 1. The van der Waals surface area contributed by atoms with E-state index in [0.717, 1.165) is 17.8 Å². The monoisotopic (exact) mass is 619 g/mol. The molecule has 0 fully saturated rings. The maximum Gasteiger partial charge on any atom is 0.333 e. The first-order valence-electron chi connectivity index (χ1n) is 13.2. The summed E-state index contributed by atoms with van der Waals surface area (Å²) in [7, 11) is 0. The number of carbonyl (C=O) groups excluding carboxylic acids is 1. The fraction of sp³-hybridized carbons (Fsp3) is 0.393. The number of carbonyl (C=O) groups is 3. The lowest BCUT2D eigenvalue weighted by atomic mass is 9.99. The first-order valence-corrected chi connectivity index (χ1v) is 13.6. The minimum Gasteiger partial charge on any atom is -0.508 e. The predicted octanol–water partition coefficient (Wildman–Crippen LogP) is 2.34. The molecule has 14 nitrogen and oxygen atoms in total. The van der Waals surface area contributed by atoms with E-state index in [4.69, 9.17) is 31.7 Å². The second-order valence-corrected chi connectivity index (χ2v) is 10.9. The SMILES string of the molecule is Cc1nc(-c2ccc(Cl)cc2)nn1CCC(C)(C)NC[C@H](O)c1cc(O)cc2c1OCC(=O)N2.O=C(O)CC(O)C(=O)O. The van der Waals surface area contributed by atoms with Gasteiger partial charge in [-0.25, -0.2) is 14.5 Å². The Kier molecular flexibility index (Phi) is 11.1. The summed E-state index contributed by atoms with van der Waals surface area (Å²) in [6, 6.07) is 10.3. The third-order valence-corrected chi connectivity index (χ3v) is 6.67. The molecule has 0 spiro atoms. The van der Waals surface area contributed by atoms with Crippen molar-refractivity contribution in [3.05, 3.63) is 52.8 Å². The largest absolute Gasteiger partial charge is 0.508 e. The first kappa shape index (κ1) is 33.3. The summed E-state index contributed by atoms with van der Waals surface area (Å²) in [6.45, 7) is 6.74. The van der Waals surface area contributed by atoms with Crippen LogP contribution >= 0.6 is 11.6 Å². The van der Waals surface area contributed by atoms with Crippen molar-refractivity contribution in [2.45, 2.75) is 57.9 Å². The van der Waals surface area contributed by atoms with E-state index in [1.54, 1.807) is 0 Å². The average molecular weight is 620 g/mol. The number of amides is 1. The number of aromatic hydroxyl groups is 1. The van der Waals surface area contributed by atoms with Crippen LogP contribution < -0.4 is 15.4 Å². The second-order valence-electron chi connectivity index (χ2n) is 10.4. The van der Waals surface area contributed by atoms with Crippen molar-refractivity contribution in [3.8, 4) is 22.9 Å². The Bertz CT molecular complexity index is 1460. The van der Waals surface area contributed by atoms with Gasteiger partial charge >= 0.3 is 11.9 Å². The summed E-state index contributed by atoms with van der Waals surface area (Å²) in [4.78, 5) is 35.5. The quantitative estimate of drug-likeness (QED) is 0.165. The van der Waals surface area contributed by atoms with Gasteiger partial charge in [0.25, 0.3) is 5.91 Å². The van der Waals surface area contributed by atoms with Gasteiger partial charge < -0.3 is 40.9 Å².